The van der Waals surface area contributed by atoms with E-state index in [1.807, 2.05) is 6.92 Å². The highest BCUT2D eigenvalue weighted by molar-refractivity contribution is 6.30. The Morgan fingerprint density at radius 1 is 1.12 bits per heavy atom. The second kappa shape index (κ2) is 4.41. The van der Waals surface area contributed by atoms with Crippen molar-refractivity contribution in [2.75, 3.05) is 0 Å². The summed E-state index contributed by atoms with van der Waals surface area (Å²) >= 11 is 5.74. The molecule has 2 aromatic rings. The summed E-state index contributed by atoms with van der Waals surface area (Å²) in [5.74, 6) is -0.149. The van der Waals surface area contributed by atoms with Crippen molar-refractivity contribution in [2.45, 2.75) is 6.92 Å². The zero-order valence-electron chi connectivity index (χ0n) is 8.64. The van der Waals surface area contributed by atoms with Crippen LogP contribution in [-0.4, -0.2) is 15.8 Å². The molecule has 4 heteroatoms. The first-order valence-corrected chi connectivity index (χ1v) is 5.13. The molecule has 0 radical (unpaired) electrons. The van der Waals surface area contributed by atoms with E-state index in [4.69, 9.17) is 11.6 Å². The largest absolute Gasteiger partial charge is 0.287 e. The molecular weight excluding hydrogens is 224 g/mol. The van der Waals surface area contributed by atoms with Crippen LogP contribution < -0.4 is 0 Å². The lowest BCUT2D eigenvalue weighted by Gasteiger charge is -2.00. The third kappa shape index (κ3) is 2.25. The Hall–Kier alpha value is -1.74. The molecule has 0 fully saturated rings. The zero-order chi connectivity index (χ0) is 11.5. The Morgan fingerprint density at radius 2 is 1.81 bits per heavy atom. The Balaban J connectivity index is 2.32. The number of aryl methyl sites for hydroxylation is 1. The van der Waals surface area contributed by atoms with E-state index in [0.717, 1.165) is 5.69 Å². The number of hydrogen-bond donors (Lipinski definition) is 0. The van der Waals surface area contributed by atoms with E-state index in [1.165, 1.54) is 6.20 Å². The van der Waals surface area contributed by atoms with Crippen LogP contribution >= 0.6 is 11.6 Å². The third-order valence-corrected chi connectivity index (χ3v) is 2.37. The minimum atomic E-state index is -0.149. The Bertz CT molecular complexity index is 458. The average Bonchev–Trinajstić information content (AvgIpc) is 2.30. The highest BCUT2D eigenvalue weighted by atomic mass is 35.5. The van der Waals surface area contributed by atoms with Crippen LogP contribution in [0.4, 0.5) is 0 Å². The van der Waals surface area contributed by atoms with Crippen LogP contribution in [0.1, 0.15) is 21.7 Å². The topological polar surface area (TPSA) is 42.9 Å². The van der Waals surface area contributed by atoms with Gasteiger partial charge in [-0.15, -0.1) is 0 Å². The number of hydrogen-bond acceptors (Lipinski definition) is 3. The maximum Gasteiger partial charge on any atom is 0.212 e. The highest BCUT2D eigenvalue weighted by Gasteiger charge is 2.10. The van der Waals surface area contributed by atoms with Crippen LogP contribution in [0.2, 0.25) is 5.02 Å². The van der Waals surface area contributed by atoms with E-state index in [2.05, 4.69) is 9.97 Å². The summed E-state index contributed by atoms with van der Waals surface area (Å²) in [6.45, 7) is 1.82. The van der Waals surface area contributed by atoms with Gasteiger partial charge >= 0.3 is 0 Å². The minimum absolute atomic E-state index is 0.149. The number of benzene rings is 1. The zero-order valence-corrected chi connectivity index (χ0v) is 9.40. The van der Waals surface area contributed by atoms with Crippen LogP contribution in [0.3, 0.4) is 0 Å². The molecule has 0 aliphatic carbocycles. The first-order valence-electron chi connectivity index (χ1n) is 4.76. The van der Waals surface area contributed by atoms with Crippen molar-refractivity contribution in [2.24, 2.45) is 0 Å². The van der Waals surface area contributed by atoms with Gasteiger partial charge in [0.15, 0.2) is 0 Å². The molecule has 16 heavy (non-hydrogen) atoms. The van der Waals surface area contributed by atoms with Crippen molar-refractivity contribution in [1.82, 2.24) is 9.97 Å². The van der Waals surface area contributed by atoms with Crippen LogP contribution in [0, 0.1) is 6.92 Å². The number of rotatable bonds is 2. The fourth-order valence-electron chi connectivity index (χ4n) is 1.26. The summed E-state index contributed by atoms with van der Waals surface area (Å²) in [7, 11) is 0. The van der Waals surface area contributed by atoms with Crippen molar-refractivity contribution < 1.29 is 4.79 Å². The third-order valence-electron chi connectivity index (χ3n) is 2.12. The maximum absolute atomic E-state index is 11.9. The van der Waals surface area contributed by atoms with Crippen LogP contribution in [0.5, 0.6) is 0 Å². The molecular formula is C12H9ClN2O. The van der Waals surface area contributed by atoms with E-state index in [0.29, 0.717) is 16.3 Å². The van der Waals surface area contributed by atoms with Gasteiger partial charge in [-0.3, -0.25) is 9.78 Å². The number of ketones is 1. The molecule has 0 atom stereocenters. The first kappa shape index (κ1) is 10.8. The average molecular weight is 233 g/mol. The molecule has 0 N–H and O–H groups in total. The molecule has 0 aliphatic heterocycles. The van der Waals surface area contributed by atoms with Gasteiger partial charge in [0, 0.05) is 16.8 Å². The van der Waals surface area contributed by atoms with E-state index >= 15 is 0 Å². The Kier molecular flexibility index (Phi) is 2.97. The molecule has 0 saturated carbocycles. The van der Waals surface area contributed by atoms with E-state index in [1.54, 1.807) is 30.5 Å². The smallest absolute Gasteiger partial charge is 0.212 e. The summed E-state index contributed by atoms with van der Waals surface area (Å²) in [5, 5.41) is 0.603. The van der Waals surface area contributed by atoms with Crippen molar-refractivity contribution in [3.05, 3.63) is 58.6 Å². The van der Waals surface area contributed by atoms with Crippen molar-refractivity contribution in [3.8, 4) is 0 Å². The van der Waals surface area contributed by atoms with Crippen molar-refractivity contribution >= 4 is 17.4 Å². The summed E-state index contributed by atoms with van der Waals surface area (Å²) in [6.07, 6.45) is 3.05. The van der Waals surface area contributed by atoms with Gasteiger partial charge in [0.25, 0.3) is 0 Å². The maximum atomic E-state index is 11.9. The second-order valence-electron chi connectivity index (χ2n) is 3.38. The monoisotopic (exact) mass is 232 g/mol. The van der Waals surface area contributed by atoms with Gasteiger partial charge < -0.3 is 0 Å². The van der Waals surface area contributed by atoms with E-state index in [9.17, 15) is 4.79 Å². The summed E-state index contributed by atoms with van der Waals surface area (Å²) < 4.78 is 0. The van der Waals surface area contributed by atoms with Crippen LogP contribution in [-0.2, 0) is 0 Å². The lowest BCUT2D eigenvalue weighted by atomic mass is 10.1. The quantitative estimate of drug-likeness (QED) is 0.748. The molecule has 1 heterocycles. The van der Waals surface area contributed by atoms with Gasteiger partial charge in [-0.05, 0) is 31.2 Å². The van der Waals surface area contributed by atoms with Gasteiger partial charge in [-0.25, -0.2) is 4.98 Å². The van der Waals surface area contributed by atoms with Gasteiger partial charge in [-0.2, -0.15) is 0 Å². The molecule has 3 nitrogen and oxygen atoms in total. The van der Waals surface area contributed by atoms with Gasteiger partial charge in [-0.1, -0.05) is 11.6 Å². The molecule has 2 rings (SSSR count). The molecule has 80 valence electrons. The highest BCUT2D eigenvalue weighted by Crippen LogP contribution is 2.12. The predicted octanol–water partition coefficient (Wildman–Crippen LogP) is 2.67. The normalized spacial score (nSPS) is 10.1. The molecule has 0 spiro atoms. The molecule has 0 amide bonds. The Labute approximate surface area is 98.1 Å². The molecule has 0 aliphatic rings. The number of aromatic nitrogens is 2. The van der Waals surface area contributed by atoms with Gasteiger partial charge in [0.05, 0.1) is 11.9 Å². The van der Waals surface area contributed by atoms with E-state index < -0.39 is 0 Å². The predicted molar refractivity (Wildman–Crippen MR) is 61.7 cm³/mol. The summed E-state index contributed by atoms with van der Waals surface area (Å²) in [4.78, 5) is 20.0. The van der Waals surface area contributed by atoms with E-state index in [-0.39, 0.29) is 5.78 Å². The lowest BCUT2D eigenvalue weighted by molar-refractivity contribution is 0.103. The minimum Gasteiger partial charge on any atom is -0.287 e. The standard InChI is InChI=1S/C12H9ClN2O/c1-8-6-15-11(7-14-8)12(16)9-2-4-10(13)5-3-9/h2-7H,1H3. The number of carbonyl (C=O) groups excluding carboxylic acids is 1. The van der Waals surface area contributed by atoms with Crippen molar-refractivity contribution in [3.63, 3.8) is 0 Å². The number of carbonyl (C=O) groups is 1. The van der Waals surface area contributed by atoms with Crippen LogP contribution in [0.25, 0.3) is 0 Å². The molecule has 0 saturated heterocycles. The molecule has 1 aromatic carbocycles. The summed E-state index contributed by atoms with van der Waals surface area (Å²) in [6, 6.07) is 6.70. The lowest BCUT2D eigenvalue weighted by Crippen LogP contribution is -2.04. The molecule has 0 bridgehead atoms. The second-order valence-corrected chi connectivity index (χ2v) is 3.82. The molecule has 1 aromatic heterocycles. The van der Waals surface area contributed by atoms with Crippen molar-refractivity contribution in [1.29, 1.82) is 0 Å². The van der Waals surface area contributed by atoms with Gasteiger partial charge in [0.1, 0.15) is 5.69 Å². The number of halogens is 1. The molecule has 0 unspecified atom stereocenters. The Morgan fingerprint density at radius 3 is 2.38 bits per heavy atom. The fraction of sp³-hybridized carbons (Fsp3) is 0.0833. The fourth-order valence-corrected chi connectivity index (χ4v) is 1.38. The summed E-state index contributed by atoms with van der Waals surface area (Å²) in [5.41, 5.74) is 1.68. The van der Waals surface area contributed by atoms with Crippen LogP contribution in [0.15, 0.2) is 36.7 Å². The first-order chi connectivity index (χ1) is 7.66. The SMILES string of the molecule is Cc1cnc(C(=O)c2ccc(Cl)cc2)cn1. The van der Waals surface area contributed by atoms with Gasteiger partial charge in [0.2, 0.25) is 5.78 Å². The number of nitrogens with zero attached hydrogens (tertiary/aromatic N) is 2.